The van der Waals surface area contributed by atoms with E-state index in [1.54, 1.807) is 37.5 Å². The van der Waals surface area contributed by atoms with Gasteiger partial charge in [0.05, 0.1) is 22.0 Å². The first-order valence-electron chi connectivity index (χ1n) is 14.9. The van der Waals surface area contributed by atoms with Gasteiger partial charge in [0, 0.05) is 32.6 Å². The van der Waals surface area contributed by atoms with Crippen molar-refractivity contribution in [1.29, 1.82) is 0 Å². The number of ether oxygens (including phenoxy) is 2. The number of amides is 2. The van der Waals surface area contributed by atoms with Crippen molar-refractivity contribution in [3.63, 3.8) is 0 Å². The van der Waals surface area contributed by atoms with E-state index in [2.05, 4.69) is 15.4 Å². The van der Waals surface area contributed by atoms with E-state index < -0.39 is 47.6 Å². The van der Waals surface area contributed by atoms with Crippen molar-refractivity contribution in [2.45, 2.75) is 65.0 Å². The van der Waals surface area contributed by atoms with Crippen LogP contribution in [-0.2, 0) is 33.4 Å². The topological polar surface area (TPSA) is 123 Å². The zero-order valence-electron chi connectivity index (χ0n) is 26.2. The predicted molar refractivity (Wildman–Crippen MR) is 165 cm³/mol. The molecule has 2 aromatic heterocycles. The summed E-state index contributed by atoms with van der Waals surface area (Å²) in [7, 11) is 0. The van der Waals surface area contributed by atoms with Gasteiger partial charge in [-0.1, -0.05) is 18.5 Å². The van der Waals surface area contributed by atoms with Crippen LogP contribution in [0.2, 0.25) is 5.02 Å². The lowest BCUT2D eigenvalue weighted by atomic mass is 10.2. The minimum atomic E-state index is -4.62. The Hall–Kier alpha value is -4.34. The first kappa shape index (κ1) is 34.0. The number of allylic oxidation sites excluding steroid dienone is 1. The highest BCUT2D eigenvalue weighted by Crippen LogP contribution is 2.34. The largest absolute Gasteiger partial charge is 0.487 e. The molecule has 0 bridgehead atoms. The van der Waals surface area contributed by atoms with Gasteiger partial charge in [-0.3, -0.25) is 9.59 Å². The minimum absolute atomic E-state index is 0.00136. The number of piperazine rings is 1. The Labute approximate surface area is 271 Å². The average molecular weight is 684 g/mol. The molecule has 2 aliphatic heterocycles. The molecule has 1 fully saturated rings. The van der Waals surface area contributed by atoms with Crippen LogP contribution in [0.5, 0.6) is 0 Å². The lowest BCUT2D eigenvalue weighted by Crippen LogP contribution is -2.51. The van der Waals surface area contributed by atoms with E-state index in [0.29, 0.717) is 11.8 Å². The first-order valence-corrected chi connectivity index (χ1v) is 15.3. The Kier molecular flexibility index (Phi) is 9.44. The van der Waals surface area contributed by atoms with Gasteiger partial charge < -0.3 is 29.2 Å². The molecule has 2 aliphatic rings. The Morgan fingerprint density at radius 2 is 1.85 bits per heavy atom. The number of benzene rings is 1. The standard InChI is InChI=1S/C30H34ClF4N7O5/c1-5-21-24(39-10-12-40(13-11-39)28(45)47-29(2,3)4)26(44)42-27(37-25(38-42)22-9-7-18(32)16-46-22)41(21)15-23(43)36-20-8-6-17(14-19(20)31)30(33,34)35/h6,8-9,14,18H,5,7,10-13,15-16H2,1-4H3,(H,36,43)/t18-/m0/s1. The summed E-state index contributed by atoms with van der Waals surface area (Å²) in [5.74, 6) is -0.466. The number of carbonyl (C=O) groups is 2. The van der Waals surface area contributed by atoms with E-state index in [1.165, 1.54) is 10.6 Å². The van der Waals surface area contributed by atoms with Gasteiger partial charge in [0.2, 0.25) is 17.5 Å². The van der Waals surface area contributed by atoms with E-state index >= 15 is 0 Å². The molecule has 17 heteroatoms. The summed E-state index contributed by atoms with van der Waals surface area (Å²) >= 11 is 6.07. The molecule has 1 saturated heterocycles. The van der Waals surface area contributed by atoms with Crippen LogP contribution in [0.25, 0.3) is 11.5 Å². The van der Waals surface area contributed by atoms with Gasteiger partial charge in [0.25, 0.3) is 5.56 Å². The number of alkyl halides is 4. The zero-order chi connectivity index (χ0) is 34.3. The van der Waals surface area contributed by atoms with Crippen molar-refractivity contribution in [1.82, 2.24) is 24.1 Å². The van der Waals surface area contributed by atoms with Crippen LogP contribution in [0, 0.1) is 0 Å². The number of nitrogens with one attached hydrogen (secondary N) is 1. The van der Waals surface area contributed by atoms with Crippen LogP contribution in [0.15, 0.2) is 29.1 Å². The van der Waals surface area contributed by atoms with E-state index in [9.17, 15) is 31.9 Å². The van der Waals surface area contributed by atoms with E-state index in [0.717, 1.165) is 16.6 Å². The lowest BCUT2D eigenvalue weighted by molar-refractivity contribution is -0.137. The number of carbonyl (C=O) groups excluding carboxylic acids is 2. The second-order valence-electron chi connectivity index (χ2n) is 12.1. The highest BCUT2D eigenvalue weighted by Gasteiger charge is 2.32. The number of rotatable bonds is 6. The smallest absolute Gasteiger partial charge is 0.416 e. The summed E-state index contributed by atoms with van der Waals surface area (Å²) in [6.45, 7) is 7.53. The van der Waals surface area contributed by atoms with Gasteiger partial charge in [0.1, 0.15) is 30.6 Å². The van der Waals surface area contributed by atoms with E-state index in [4.69, 9.17) is 21.1 Å². The van der Waals surface area contributed by atoms with Crippen LogP contribution in [0.1, 0.15) is 51.2 Å². The quantitative estimate of drug-likeness (QED) is 0.364. The SMILES string of the molecule is CCc1c(N2CCN(C(=O)OC(C)(C)C)CC2)c(=O)n2nc(C3=CC[C@H](F)CO3)nc2n1CC(=O)Nc1ccc(C(F)(F)F)cc1Cl. The molecule has 0 spiro atoms. The molecule has 254 valence electrons. The molecule has 5 rings (SSSR count). The van der Waals surface area contributed by atoms with Crippen molar-refractivity contribution < 1.29 is 36.6 Å². The van der Waals surface area contributed by atoms with Gasteiger partial charge in [-0.05, 0) is 51.5 Å². The number of hydrogen-bond acceptors (Lipinski definition) is 8. The second kappa shape index (κ2) is 13.0. The number of hydrogen-bond donors (Lipinski definition) is 1. The number of anilines is 2. The molecule has 1 aromatic carbocycles. The fourth-order valence-electron chi connectivity index (χ4n) is 5.30. The molecule has 0 aliphatic carbocycles. The van der Waals surface area contributed by atoms with Crippen molar-refractivity contribution in [3.8, 4) is 0 Å². The zero-order valence-corrected chi connectivity index (χ0v) is 26.9. The molecule has 0 saturated carbocycles. The Morgan fingerprint density at radius 1 is 1.15 bits per heavy atom. The fraction of sp³-hybridized carbons (Fsp3) is 0.500. The van der Waals surface area contributed by atoms with Crippen molar-refractivity contribution in [2.24, 2.45) is 0 Å². The molecular formula is C30H34ClF4N7O5. The Bertz CT molecular complexity index is 1770. The first-order chi connectivity index (χ1) is 22.1. The number of halogens is 5. The van der Waals surface area contributed by atoms with Crippen LogP contribution >= 0.6 is 11.6 Å². The van der Waals surface area contributed by atoms with Crippen LogP contribution in [0.4, 0.5) is 33.7 Å². The Balaban J connectivity index is 1.52. The fourth-order valence-corrected chi connectivity index (χ4v) is 5.52. The second-order valence-corrected chi connectivity index (χ2v) is 12.5. The molecule has 1 atom stereocenters. The lowest BCUT2D eigenvalue weighted by Gasteiger charge is -2.37. The highest BCUT2D eigenvalue weighted by molar-refractivity contribution is 6.33. The van der Waals surface area contributed by atoms with Crippen LogP contribution in [0.3, 0.4) is 0 Å². The van der Waals surface area contributed by atoms with Crippen molar-refractivity contribution in [2.75, 3.05) is 43.0 Å². The third kappa shape index (κ3) is 7.47. The maximum absolute atomic E-state index is 14.0. The minimum Gasteiger partial charge on any atom is -0.487 e. The third-order valence-corrected chi connectivity index (χ3v) is 7.79. The maximum atomic E-state index is 14.0. The van der Waals surface area contributed by atoms with Gasteiger partial charge in [-0.15, -0.1) is 5.10 Å². The summed E-state index contributed by atoms with van der Waals surface area (Å²) in [5, 5.41) is 6.58. The summed E-state index contributed by atoms with van der Waals surface area (Å²) in [5.41, 5.74) is -1.54. The molecule has 2 amide bonds. The third-order valence-electron chi connectivity index (χ3n) is 7.48. The number of fused-ring (bicyclic) bond motifs is 1. The van der Waals surface area contributed by atoms with Gasteiger partial charge in [0.15, 0.2) is 5.76 Å². The van der Waals surface area contributed by atoms with Gasteiger partial charge >= 0.3 is 12.3 Å². The summed E-state index contributed by atoms with van der Waals surface area (Å²) in [4.78, 5) is 47.9. The van der Waals surface area contributed by atoms with Crippen molar-refractivity contribution in [3.05, 3.63) is 56.7 Å². The summed E-state index contributed by atoms with van der Waals surface area (Å²) in [6, 6.07) is 2.57. The molecule has 0 radical (unpaired) electrons. The van der Waals surface area contributed by atoms with Gasteiger partial charge in [-0.25, -0.2) is 9.18 Å². The van der Waals surface area contributed by atoms with Gasteiger partial charge in [-0.2, -0.15) is 22.7 Å². The van der Waals surface area contributed by atoms with Crippen LogP contribution < -0.4 is 15.8 Å². The predicted octanol–water partition coefficient (Wildman–Crippen LogP) is 4.92. The molecule has 3 aromatic rings. The molecular weight excluding hydrogens is 650 g/mol. The molecule has 0 unspecified atom stereocenters. The highest BCUT2D eigenvalue weighted by atomic mass is 35.5. The molecule has 12 nitrogen and oxygen atoms in total. The molecule has 47 heavy (non-hydrogen) atoms. The summed E-state index contributed by atoms with van der Waals surface area (Å²) in [6.07, 6.45) is -4.47. The van der Waals surface area contributed by atoms with Crippen molar-refractivity contribution >= 4 is 46.5 Å². The Morgan fingerprint density at radius 3 is 2.43 bits per heavy atom. The average Bonchev–Trinajstić information content (AvgIpc) is 3.44. The van der Waals surface area contributed by atoms with E-state index in [1.807, 2.05) is 0 Å². The molecule has 4 heterocycles. The number of aromatic nitrogens is 4. The maximum Gasteiger partial charge on any atom is 0.416 e. The summed E-state index contributed by atoms with van der Waals surface area (Å²) < 4.78 is 66.6. The normalized spacial score (nSPS) is 17.4. The van der Waals surface area contributed by atoms with E-state index in [-0.39, 0.29) is 79.4 Å². The van der Waals surface area contributed by atoms with Crippen LogP contribution in [-0.4, -0.2) is 80.6 Å². The monoisotopic (exact) mass is 683 g/mol. The number of nitrogens with zero attached hydrogens (tertiary/aromatic N) is 6. The molecule has 1 N–H and O–H groups in total.